The van der Waals surface area contributed by atoms with Crippen molar-refractivity contribution in [2.24, 2.45) is 0 Å². The van der Waals surface area contributed by atoms with Gasteiger partial charge in [-0.2, -0.15) is 0 Å². The number of aryl methyl sites for hydroxylation is 2. The van der Waals surface area contributed by atoms with Gasteiger partial charge in [0.2, 0.25) is 0 Å². The summed E-state index contributed by atoms with van der Waals surface area (Å²) in [5, 5.41) is 3.80. The van der Waals surface area contributed by atoms with Crippen LogP contribution in [0, 0.1) is 13.8 Å². The first-order chi connectivity index (χ1) is 29.0. The summed E-state index contributed by atoms with van der Waals surface area (Å²) in [6, 6.07) is 24.1. The Morgan fingerprint density at radius 2 is 0.950 bits per heavy atom. The van der Waals surface area contributed by atoms with Crippen molar-refractivity contribution in [2.75, 3.05) is 19.8 Å². The Kier molecular flexibility index (Phi) is 10.7. The Morgan fingerprint density at radius 1 is 0.533 bits per heavy atom. The molecule has 0 N–H and O–H groups in total. The van der Waals surface area contributed by atoms with Gasteiger partial charge >= 0.3 is 17.9 Å². The van der Waals surface area contributed by atoms with Crippen LogP contribution in [0.1, 0.15) is 73.8 Å². The average molecular weight is 819 g/mol. The normalized spacial score (nSPS) is 22.3. The molecule has 5 aromatic carbocycles. The van der Waals surface area contributed by atoms with E-state index in [1.54, 1.807) is 20.8 Å². The lowest BCUT2D eigenvalue weighted by molar-refractivity contribution is -0.160. The van der Waals surface area contributed by atoms with E-state index in [2.05, 4.69) is 12.1 Å². The number of hydrogen-bond acceptors (Lipinski definition) is 13. The molecule has 0 amide bonds. The van der Waals surface area contributed by atoms with E-state index >= 15 is 0 Å². The minimum absolute atomic E-state index is 0.297. The van der Waals surface area contributed by atoms with Gasteiger partial charge in [-0.25, -0.2) is 14.4 Å². The van der Waals surface area contributed by atoms with Crippen molar-refractivity contribution in [3.8, 4) is 28.7 Å². The Bertz CT molecular complexity index is 2350. The summed E-state index contributed by atoms with van der Waals surface area (Å²) in [6.45, 7) is 10.3. The molecule has 4 aliphatic heterocycles. The first-order valence-corrected chi connectivity index (χ1v) is 20.4. The van der Waals surface area contributed by atoms with Crippen LogP contribution < -0.4 is 18.9 Å². The molecule has 0 aromatic heterocycles. The monoisotopic (exact) mass is 818 g/mol. The van der Waals surface area contributed by atoms with Gasteiger partial charge < -0.3 is 47.4 Å². The van der Waals surface area contributed by atoms with Gasteiger partial charge in [0.15, 0.2) is 37.2 Å². The van der Waals surface area contributed by atoms with Crippen molar-refractivity contribution in [1.29, 1.82) is 0 Å². The van der Waals surface area contributed by atoms with Gasteiger partial charge in [0.1, 0.15) is 28.7 Å². The molecule has 9 rings (SSSR count). The third-order valence-corrected chi connectivity index (χ3v) is 11.2. The van der Waals surface area contributed by atoms with Crippen LogP contribution in [0.4, 0.5) is 0 Å². The van der Waals surface area contributed by atoms with E-state index in [-0.39, 0.29) is 23.8 Å². The summed E-state index contributed by atoms with van der Waals surface area (Å²) in [4.78, 5) is 36.2. The molecular formula is C47H46O13. The van der Waals surface area contributed by atoms with Gasteiger partial charge in [-0.15, -0.1) is 0 Å². The topological polar surface area (TPSA) is 144 Å². The number of ether oxygens (including phenoxy) is 10. The highest BCUT2D eigenvalue weighted by atomic mass is 16.7. The minimum atomic E-state index is -0.686. The van der Waals surface area contributed by atoms with Crippen molar-refractivity contribution in [3.63, 3.8) is 0 Å². The molecular weight excluding hydrogens is 773 g/mol. The summed E-state index contributed by atoms with van der Waals surface area (Å²) in [5.74, 6) is 1.88. The molecule has 13 nitrogen and oxygen atoms in total. The van der Waals surface area contributed by atoms with E-state index < -0.39 is 37.2 Å². The van der Waals surface area contributed by atoms with Crippen molar-refractivity contribution in [3.05, 3.63) is 101 Å². The predicted octanol–water partition coefficient (Wildman–Crippen LogP) is 8.07. The van der Waals surface area contributed by atoms with Crippen molar-refractivity contribution >= 4 is 39.5 Å². The molecule has 5 aromatic rings. The first-order valence-electron chi connectivity index (χ1n) is 20.4. The van der Waals surface area contributed by atoms with Gasteiger partial charge in [0, 0.05) is 36.3 Å². The van der Waals surface area contributed by atoms with Gasteiger partial charge in [-0.05, 0) is 109 Å². The molecule has 0 saturated carbocycles. The van der Waals surface area contributed by atoms with Gasteiger partial charge in [0.25, 0.3) is 0 Å². The number of benzene rings is 5. The Hall–Kier alpha value is -5.89. The van der Waals surface area contributed by atoms with E-state index in [1.807, 2.05) is 74.5 Å². The van der Waals surface area contributed by atoms with Crippen molar-refractivity contribution in [1.82, 2.24) is 0 Å². The quantitative estimate of drug-likeness (QED) is 0.0630. The fourth-order valence-corrected chi connectivity index (χ4v) is 8.61. The summed E-state index contributed by atoms with van der Waals surface area (Å²) in [6.07, 6.45) is -2.53. The van der Waals surface area contributed by atoms with E-state index in [4.69, 9.17) is 47.4 Å². The second-order valence-corrected chi connectivity index (χ2v) is 15.5. The van der Waals surface area contributed by atoms with Crippen LogP contribution in [-0.4, -0.2) is 74.9 Å². The number of hydrogen-bond donors (Lipinski definition) is 0. The predicted molar refractivity (Wildman–Crippen MR) is 216 cm³/mol. The molecule has 13 heteroatoms. The van der Waals surface area contributed by atoms with Crippen LogP contribution in [0.5, 0.6) is 28.7 Å². The summed E-state index contributed by atoms with van der Waals surface area (Å²) >= 11 is 0. The average Bonchev–Trinajstić information content (AvgIpc) is 3.95. The Morgan fingerprint density at radius 3 is 1.35 bits per heavy atom. The molecule has 4 aliphatic rings. The third-order valence-electron chi connectivity index (χ3n) is 11.2. The van der Waals surface area contributed by atoms with E-state index in [9.17, 15) is 14.4 Å². The fraction of sp³-hybridized carbons (Fsp3) is 0.383. The van der Waals surface area contributed by atoms with Crippen molar-refractivity contribution in [2.45, 2.75) is 97.0 Å². The fourth-order valence-electron chi connectivity index (χ4n) is 8.61. The highest BCUT2D eigenvalue weighted by Crippen LogP contribution is 2.53. The minimum Gasteiger partial charge on any atom is -0.465 e. The van der Waals surface area contributed by atoms with Crippen LogP contribution in [0.15, 0.2) is 72.8 Å². The van der Waals surface area contributed by atoms with Crippen molar-refractivity contribution < 1.29 is 61.8 Å². The lowest BCUT2D eigenvalue weighted by atomic mass is 9.77. The molecule has 0 bridgehead atoms. The zero-order valence-corrected chi connectivity index (χ0v) is 34.0. The Labute approximate surface area is 346 Å². The summed E-state index contributed by atoms with van der Waals surface area (Å²) < 4.78 is 58.2. The highest BCUT2D eigenvalue weighted by Gasteiger charge is 2.35. The smallest absolute Gasteiger partial charge is 0.335 e. The van der Waals surface area contributed by atoms with Crippen LogP contribution in [-0.2, 0) is 42.8 Å². The van der Waals surface area contributed by atoms with Gasteiger partial charge in [-0.1, -0.05) is 36.4 Å². The standard InChI is InChI=1S/C47H46O13/c1-24-20-31(21-25(2)44(24)59-28(5)58-40-16-19-53-47(40)50)41-42-34-10-8-32(54-26(3)56-38-14-17-51-45(38)48)22-29(34)6-12-36(42)60-37-13-7-30-23-33(9-11-35(30)43(37)41)55-27(4)57-39-15-18-52-46(39)49/h6-13,20-23,26-28,38-41H,14-19H2,1-5H3. The zero-order valence-electron chi connectivity index (χ0n) is 34.0. The molecule has 0 radical (unpaired) electrons. The maximum absolute atomic E-state index is 12.1. The van der Waals surface area contributed by atoms with Gasteiger partial charge in [-0.3, -0.25) is 0 Å². The van der Waals surface area contributed by atoms with Crippen LogP contribution in [0.25, 0.3) is 21.5 Å². The molecule has 3 saturated heterocycles. The number of esters is 3. The molecule has 4 heterocycles. The molecule has 3 fully saturated rings. The largest absolute Gasteiger partial charge is 0.465 e. The maximum atomic E-state index is 12.1. The second-order valence-electron chi connectivity index (χ2n) is 15.5. The highest BCUT2D eigenvalue weighted by molar-refractivity contribution is 5.96. The second kappa shape index (κ2) is 16.3. The maximum Gasteiger partial charge on any atom is 0.335 e. The van der Waals surface area contributed by atoms with E-state index in [0.29, 0.717) is 56.3 Å². The molecule has 0 aliphatic carbocycles. The number of fused-ring (bicyclic) bond motifs is 6. The molecule has 0 spiro atoms. The number of rotatable bonds is 13. The lowest BCUT2D eigenvalue weighted by Gasteiger charge is -2.32. The van der Waals surface area contributed by atoms with E-state index in [1.165, 1.54) is 0 Å². The first kappa shape index (κ1) is 39.6. The lowest BCUT2D eigenvalue weighted by Crippen LogP contribution is -2.28. The SMILES string of the molecule is Cc1cc(C2c3c(ccc4cc(OC(C)OC5CCOC5=O)ccc34)Oc3ccc4cc(OC(C)OC5CCOC5=O)ccc4c32)cc(C)c1OC(C)OC1CCOC1=O. The Balaban J connectivity index is 1.09. The molecule has 60 heavy (non-hydrogen) atoms. The number of cyclic esters (lactones) is 3. The number of carbonyl (C=O) groups excluding carboxylic acids is 3. The molecule has 6 atom stereocenters. The summed E-state index contributed by atoms with van der Waals surface area (Å²) in [5.41, 5.74) is 4.78. The van der Waals surface area contributed by atoms with Crippen LogP contribution in [0.2, 0.25) is 0 Å². The molecule has 6 unspecified atom stereocenters. The summed E-state index contributed by atoms with van der Waals surface area (Å²) in [7, 11) is 0. The third kappa shape index (κ3) is 7.80. The van der Waals surface area contributed by atoms with Crippen LogP contribution >= 0.6 is 0 Å². The van der Waals surface area contributed by atoms with E-state index in [0.717, 1.165) is 60.9 Å². The zero-order chi connectivity index (χ0) is 41.7. The molecule has 312 valence electrons. The van der Waals surface area contributed by atoms with Gasteiger partial charge in [0.05, 0.1) is 19.8 Å². The number of carbonyl (C=O) groups is 3. The van der Waals surface area contributed by atoms with Crippen LogP contribution in [0.3, 0.4) is 0 Å².